The number of nitrogens with two attached hydrogens (primary N) is 1. The quantitative estimate of drug-likeness (QED) is 0.697. The van der Waals surface area contributed by atoms with Gasteiger partial charge in [-0.3, -0.25) is 0 Å². The van der Waals surface area contributed by atoms with Gasteiger partial charge in [-0.15, -0.1) is 5.10 Å². The fourth-order valence-electron chi connectivity index (χ4n) is 2.05. The van der Waals surface area contributed by atoms with Crippen LogP contribution in [0.4, 0.5) is 11.5 Å². The smallest absolute Gasteiger partial charge is 0.163 e. The number of thiocarbonyl (C=S) groups is 1. The van der Waals surface area contributed by atoms with E-state index in [-0.39, 0.29) is 4.99 Å². The predicted octanol–water partition coefficient (Wildman–Crippen LogP) is 3.77. The summed E-state index contributed by atoms with van der Waals surface area (Å²) in [6.07, 6.45) is 1.57. The molecule has 0 aliphatic rings. The summed E-state index contributed by atoms with van der Waals surface area (Å²) >= 11 is 8.49. The predicted molar refractivity (Wildman–Crippen MR) is 92.9 cm³/mol. The molecule has 104 valence electrons. The van der Waals surface area contributed by atoms with Crippen LogP contribution in [-0.4, -0.2) is 15.2 Å². The van der Waals surface area contributed by atoms with E-state index in [0.717, 1.165) is 20.9 Å². The number of benzene rings is 2. The average Bonchev–Trinajstić information content (AvgIpc) is 2.48. The summed E-state index contributed by atoms with van der Waals surface area (Å²) < 4.78 is 1.06. The molecule has 0 atom stereocenters. The van der Waals surface area contributed by atoms with Crippen LogP contribution >= 0.6 is 28.1 Å². The highest BCUT2D eigenvalue weighted by molar-refractivity contribution is 9.10. The largest absolute Gasteiger partial charge is 0.389 e. The number of rotatable bonds is 3. The van der Waals surface area contributed by atoms with Crippen molar-refractivity contribution < 1.29 is 0 Å². The van der Waals surface area contributed by atoms with Crippen molar-refractivity contribution in [1.82, 2.24) is 10.2 Å². The number of hydrogen-bond donors (Lipinski definition) is 2. The lowest BCUT2D eigenvalue weighted by molar-refractivity contribution is 1.03. The molecule has 2 aromatic carbocycles. The van der Waals surface area contributed by atoms with Gasteiger partial charge >= 0.3 is 0 Å². The summed E-state index contributed by atoms with van der Waals surface area (Å²) in [6.45, 7) is 0. The molecule has 0 saturated carbocycles. The van der Waals surface area contributed by atoms with Crippen LogP contribution in [0.3, 0.4) is 0 Å². The zero-order valence-corrected chi connectivity index (χ0v) is 13.3. The Morgan fingerprint density at radius 3 is 2.67 bits per heavy atom. The molecule has 0 saturated heterocycles. The second kappa shape index (κ2) is 5.75. The van der Waals surface area contributed by atoms with Crippen molar-refractivity contribution in [3.63, 3.8) is 0 Å². The number of aromatic nitrogens is 2. The summed E-state index contributed by atoms with van der Waals surface area (Å²) in [6, 6.07) is 13.9. The maximum absolute atomic E-state index is 5.69. The summed E-state index contributed by atoms with van der Waals surface area (Å²) in [7, 11) is 0. The highest BCUT2D eigenvalue weighted by atomic mass is 79.9. The number of nitrogens with one attached hydrogen (secondary N) is 1. The molecule has 3 rings (SSSR count). The molecule has 0 bridgehead atoms. The van der Waals surface area contributed by atoms with Gasteiger partial charge in [-0.2, -0.15) is 5.10 Å². The topological polar surface area (TPSA) is 63.8 Å². The third-order valence-corrected chi connectivity index (χ3v) is 3.76. The fourth-order valence-corrected chi connectivity index (χ4v) is 2.60. The van der Waals surface area contributed by atoms with E-state index in [1.54, 1.807) is 12.3 Å². The lowest BCUT2D eigenvalue weighted by Crippen LogP contribution is -2.13. The minimum absolute atomic E-state index is 0.289. The van der Waals surface area contributed by atoms with Crippen molar-refractivity contribution >= 4 is 55.4 Å². The van der Waals surface area contributed by atoms with E-state index < -0.39 is 0 Å². The number of hydrogen-bond acceptors (Lipinski definition) is 4. The van der Waals surface area contributed by atoms with Gasteiger partial charge in [0.1, 0.15) is 4.99 Å². The van der Waals surface area contributed by atoms with E-state index in [1.807, 2.05) is 24.3 Å². The van der Waals surface area contributed by atoms with Crippen molar-refractivity contribution in [3.05, 3.63) is 58.7 Å². The Balaban J connectivity index is 1.99. The van der Waals surface area contributed by atoms with Crippen molar-refractivity contribution in [1.29, 1.82) is 0 Å². The van der Waals surface area contributed by atoms with Crippen LogP contribution in [0.1, 0.15) is 5.56 Å². The van der Waals surface area contributed by atoms with Gasteiger partial charge in [-0.05, 0) is 41.1 Å². The zero-order valence-electron chi connectivity index (χ0n) is 10.9. The number of fused-ring (bicyclic) bond motifs is 1. The fraction of sp³-hybridized carbons (Fsp3) is 0. The first-order chi connectivity index (χ1) is 10.1. The molecule has 0 spiro atoms. The van der Waals surface area contributed by atoms with Crippen LogP contribution in [0, 0.1) is 0 Å². The van der Waals surface area contributed by atoms with Crippen LogP contribution in [0.25, 0.3) is 10.8 Å². The highest BCUT2D eigenvalue weighted by Crippen LogP contribution is 2.25. The molecule has 4 nitrogen and oxygen atoms in total. The zero-order chi connectivity index (χ0) is 14.8. The van der Waals surface area contributed by atoms with Crippen molar-refractivity contribution in [2.45, 2.75) is 0 Å². The van der Waals surface area contributed by atoms with Gasteiger partial charge in [-0.1, -0.05) is 40.3 Å². The summed E-state index contributed by atoms with van der Waals surface area (Å²) in [5.74, 6) is 0.557. The third-order valence-electron chi connectivity index (χ3n) is 3.05. The van der Waals surface area contributed by atoms with Crippen molar-refractivity contribution in [2.75, 3.05) is 5.32 Å². The first-order valence-electron chi connectivity index (χ1n) is 6.21. The van der Waals surface area contributed by atoms with Gasteiger partial charge in [0, 0.05) is 10.2 Å². The summed E-state index contributed by atoms with van der Waals surface area (Å²) in [5.41, 5.74) is 7.28. The third kappa shape index (κ3) is 3.01. The lowest BCUT2D eigenvalue weighted by atomic mass is 10.1. The Hall–Kier alpha value is -2.05. The molecule has 0 radical (unpaired) electrons. The molecular formula is C15H11BrN4S. The molecule has 6 heteroatoms. The Kier molecular flexibility index (Phi) is 3.81. The molecule has 0 unspecified atom stereocenters. The van der Waals surface area contributed by atoms with Crippen LogP contribution in [-0.2, 0) is 0 Å². The average molecular weight is 359 g/mol. The normalized spacial score (nSPS) is 10.5. The summed E-state index contributed by atoms with van der Waals surface area (Å²) in [5, 5.41) is 13.4. The molecular weight excluding hydrogens is 348 g/mol. The van der Waals surface area contributed by atoms with Gasteiger partial charge in [0.2, 0.25) is 0 Å². The van der Waals surface area contributed by atoms with Crippen LogP contribution in [0.2, 0.25) is 0 Å². The first-order valence-corrected chi connectivity index (χ1v) is 7.41. The number of halogens is 1. The molecule has 0 aliphatic heterocycles. The van der Waals surface area contributed by atoms with E-state index in [9.17, 15) is 0 Å². The van der Waals surface area contributed by atoms with Gasteiger partial charge in [-0.25, -0.2) is 0 Å². The minimum atomic E-state index is 0.289. The number of anilines is 2. The molecule has 0 fully saturated rings. The SMILES string of the molecule is NC(=S)c1ccnnc1Nc1ccc2cc(Br)ccc2c1. The maximum atomic E-state index is 5.69. The number of nitrogens with zero attached hydrogens (tertiary/aromatic N) is 2. The lowest BCUT2D eigenvalue weighted by Gasteiger charge is -2.10. The van der Waals surface area contributed by atoms with E-state index in [2.05, 4.69) is 43.6 Å². The van der Waals surface area contributed by atoms with Crippen molar-refractivity contribution in [3.8, 4) is 0 Å². The second-order valence-corrected chi connectivity index (χ2v) is 5.84. The Bertz CT molecular complexity index is 835. The monoisotopic (exact) mass is 358 g/mol. The Morgan fingerprint density at radius 2 is 1.86 bits per heavy atom. The Morgan fingerprint density at radius 1 is 1.10 bits per heavy atom. The van der Waals surface area contributed by atoms with Crippen LogP contribution in [0.15, 0.2) is 53.1 Å². The standard InChI is InChI=1S/C15H11BrN4S/c16-11-3-1-10-8-12(4-2-9(10)7-11)19-15-13(14(17)21)5-6-18-20-15/h1-8H,(H2,17,21)(H,19,20). The van der Waals surface area contributed by atoms with Gasteiger partial charge in [0.25, 0.3) is 0 Å². The van der Waals surface area contributed by atoms with E-state index in [1.165, 1.54) is 0 Å². The first kappa shape index (κ1) is 13.9. The van der Waals surface area contributed by atoms with E-state index >= 15 is 0 Å². The molecule has 21 heavy (non-hydrogen) atoms. The molecule has 1 aromatic heterocycles. The van der Waals surface area contributed by atoms with Gasteiger partial charge < -0.3 is 11.1 Å². The molecule has 3 aromatic rings. The summed E-state index contributed by atoms with van der Waals surface area (Å²) in [4.78, 5) is 0.289. The van der Waals surface area contributed by atoms with Crippen molar-refractivity contribution in [2.24, 2.45) is 5.73 Å². The maximum Gasteiger partial charge on any atom is 0.163 e. The van der Waals surface area contributed by atoms with Gasteiger partial charge in [0.05, 0.1) is 11.8 Å². The molecule has 1 heterocycles. The van der Waals surface area contributed by atoms with E-state index in [4.69, 9.17) is 18.0 Å². The van der Waals surface area contributed by atoms with Crippen LogP contribution in [0.5, 0.6) is 0 Å². The molecule has 3 N–H and O–H groups in total. The molecule has 0 amide bonds. The molecule has 0 aliphatic carbocycles. The van der Waals surface area contributed by atoms with Crippen LogP contribution < -0.4 is 11.1 Å². The highest BCUT2D eigenvalue weighted by Gasteiger charge is 2.07. The Labute approximate surface area is 135 Å². The minimum Gasteiger partial charge on any atom is -0.389 e. The van der Waals surface area contributed by atoms with E-state index in [0.29, 0.717) is 11.4 Å². The second-order valence-electron chi connectivity index (χ2n) is 4.49. The van der Waals surface area contributed by atoms with Gasteiger partial charge in [0.15, 0.2) is 5.82 Å².